The molecule has 9 heteroatoms. The molecule has 2 heterocycles. The molecule has 1 aliphatic rings. The van der Waals surface area contributed by atoms with Gasteiger partial charge in [-0.05, 0) is 12.3 Å². The summed E-state index contributed by atoms with van der Waals surface area (Å²) in [5.41, 5.74) is 3.99. The Hall–Kier alpha value is -2.03. The predicted molar refractivity (Wildman–Crippen MR) is 87.7 cm³/mol. The first kappa shape index (κ1) is 15.9. The van der Waals surface area contributed by atoms with E-state index in [1.807, 2.05) is 0 Å². The van der Waals surface area contributed by atoms with E-state index in [0.717, 1.165) is 28.3 Å². The van der Waals surface area contributed by atoms with Crippen LogP contribution in [0.4, 0.5) is 11.5 Å². The number of aryl methyl sites for hydroxylation is 1. The number of nitrogens with two attached hydrogens (primary N) is 1. The van der Waals surface area contributed by atoms with Crippen LogP contribution in [0.15, 0.2) is 4.79 Å². The Labute approximate surface area is 136 Å². The van der Waals surface area contributed by atoms with Crippen LogP contribution in [0, 0.1) is 16.0 Å². The van der Waals surface area contributed by atoms with Crippen molar-refractivity contribution in [3.63, 3.8) is 0 Å². The summed E-state index contributed by atoms with van der Waals surface area (Å²) in [5, 5.41) is 15.8. The number of hydrogen-bond donors (Lipinski definition) is 1. The van der Waals surface area contributed by atoms with Crippen LogP contribution in [0.1, 0.15) is 50.0 Å². The van der Waals surface area contributed by atoms with Crippen LogP contribution in [0.3, 0.4) is 0 Å². The van der Waals surface area contributed by atoms with E-state index >= 15 is 0 Å². The molecule has 0 aromatic carbocycles. The smallest absolute Gasteiger partial charge is 0.377 e. The molecule has 0 amide bonds. The molecule has 2 aromatic rings. The average molecular weight is 337 g/mol. The molecule has 1 saturated carbocycles. The highest BCUT2D eigenvalue weighted by Crippen LogP contribution is 2.28. The minimum atomic E-state index is -0.813. The van der Waals surface area contributed by atoms with Crippen molar-refractivity contribution in [1.29, 1.82) is 0 Å². The van der Waals surface area contributed by atoms with Crippen molar-refractivity contribution >= 4 is 27.8 Å². The van der Waals surface area contributed by atoms with Crippen LogP contribution in [-0.4, -0.2) is 19.5 Å². The number of rotatable bonds is 5. The molecule has 2 N–H and O–H groups in total. The summed E-state index contributed by atoms with van der Waals surface area (Å²) in [7, 11) is 0. The Kier molecular flexibility index (Phi) is 4.56. The molecule has 3 rings (SSSR count). The zero-order valence-corrected chi connectivity index (χ0v) is 13.5. The number of nitro groups is 1. The number of nitrogens with zero attached hydrogens (tertiary/aromatic N) is 4. The molecule has 1 aliphatic carbocycles. The standard InChI is InChI=1S/C14H19N5O3S/c15-12-11(19(21)22)13(20)18-14(16-12)23-10(17-18)8-4-7-9-5-2-1-3-6-9/h9H,1-8,15H2. The van der Waals surface area contributed by atoms with Gasteiger partial charge in [-0.15, -0.1) is 0 Å². The summed E-state index contributed by atoms with van der Waals surface area (Å²) >= 11 is 1.27. The van der Waals surface area contributed by atoms with E-state index in [4.69, 9.17) is 5.73 Å². The number of hydrogen-bond acceptors (Lipinski definition) is 7. The van der Waals surface area contributed by atoms with Gasteiger partial charge < -0.3 is 5.73 Å². The average Bonchev–Trinajstić information content (AvgIpc) is 2.91. The summed E-state index contributed by atoms with van der Waals surface area (Å²) in [6.07, 6.45) is 9.56. The van der Waals surface area contributed by atoms with Crippen molar-refractivity contribution in [1.82, 2.24) is 14.6 Å². The zero-order valence-electron chi connectivity index (χ0n) is 12.7. The first-order valence-corrected chi connectivity index (χ1v) is 8.70. The van der Waals surface area contributed by atoms with Gasteiger partial charge in [-0.3, -0.25) is 14.9 Å². The number of anilines is 1. The lowest BCUT2D eigenvalue weighted by Gasteiger charge is -2.20. The third-order valence-electron chi connectivity index (χ3n) is 4.37. The summed E-state index contributed by atoms with van der Waals surface area (Å²) in [6, 6.07) is 0. The van der Waals surface area contributed by atoms with Gasteiger partial charge in [0.15, 0.2) is 0 Å². The highest BCUT2D eigenvalue weighted by atomic mass is 32.1. The summed E-state index contributed by atoms with van der Waals surface area (Å²) in [6.45, 7) is 0. The van der Waals surface area contributed by atoms with Crippen LogP contribution >= 0.6 is 11.3 Å². The second kappa shape index (κ2) is 6.61. The molecule has 124 valence electrons. The second-order valence-electron chi connectivity index (χ2n) is 5.99. The third kappa shape index (κ3) is 3.34. The first-order valence-electron chi connectivity index (χ1n) is 7.89. The molecule has 2 aromatic heterocycles. The van der Waals surface area contributed by atoms with Gasteiger partial charge in [0.2, 0.25) is 10.8 Å². The number of aromatic nitrogens is 3. The third-order valence-corrected chi connectivity index (χ3v) is 5.33. The normalized spacial score (nSPS) is 16.0. The zero-order chi connectivity index (χ0) is 16.4. The van der Waals surface area contributed by atoms with E-state index in [0.29, 0.717) is 4.96 Å². The van der Waals surface area contributed by atoms with E-state index in [1.165, 1.54) is 49.9 Å². The van der Waals surface area contributed by atoms with Gasteiger partial charge in [0.05, 0.1) is 4.92 Å². The maximum atomic E-state index is 12.1. The van der Waals surface area contributed by atoms with Crippen molar-refractivity contribution in [2.75, 3.05) is 5.73 Å². The first-order chi connectivity index (χ1) is 11.1. The monoisotopic (exact) mass is 337 g/mol. The van der Waals surface area contributed by atoms with E-state index in [9.17, 15) is 14.9 Å². The lowest BCUT2D eigenvalue weighted by molar-refractivity contribution is -0.385. The Balaban J connectivity index is 1.74. The minimum absolute atomic E-state index is 0.311. The molecule has 23 heavy (non-hydrogen) atoms. The molecular formula is C14H19N5O3S. The van der Waals surface area contributed by atoms with E-state index in [2.05, 4.69) is 10.1 Å². The van der Waals surface area contributed by atoms with E-state index in [-0.39, 0.29) is 5.82 Å². The van der Waals surface area contributed by atoms with Gasteiger partial charge in [-0.1, -0.05) is 49.9 Å². The molecule has 0 radical (unpaired) electrons. The van der Waals surface area contributed by atoms with Gasteiger partial charge >= 0.3 is 11.2 Å². The van der Waals surface area contributed by atoms with E-state index in [1.54, 1.807) is 0 Å². The molecule has 0 saturated heterocycles. The summed E-state index contributed by atoms with van der Waals surface area (Å²) in [4.78, 5) is 26.4. The van der Waals surface area contributed by atoms with Crippen LogP contribution in [0.2, 0.25) is 0 Å². The summed E-state index contributed by atoms with van der Waals surface area (Å²) in [5.74, 6) is 0.452. The van der Waals surface area contributed by atoms with Crippen molar-refractivity contribution in [3.05, 3.63) is 25.5 Å². The molecule has 0 bridgehead atoms. The topological polar surface area (TPSA) is 116 Å². The molecular weight excluding hydrogens is 318 g/mol. The molecule has 8 nitrogen and oxygen atoms in total. The maximum absolute atomic E-state index is 12.1. The van der Waals surface area contributed by atoms with Crippen LogP contribution in [-0.2, 0) is 6.42 Å². The molecule has 0 atom stereocenters. The molecule has 0 spiro atoms. The van der Waals surface area contributed by atoms with Crippen LogP contribution in [0.25, 0.3) is 4.96 Å². The van der Waals surface area contributed by atoms with Crippen molar-refractivity contribution in [2.45, 2.75) is 51.4 Å². The molecule has 0 aliphatic heterocycles. The fourth-order valence-corrected chi connectivity index (χ4v) is 4.12. The fourth-order valence-electron chi connectivity index (χ4n) is 3.18. The Morgan fingerprint density at radius 3 is 2.78 bits per heavy atom. The Morgan fingerprint density at radius 2 is 2.09 bits per heavy atom. The Morgan fingerprint density at radius 1 is 1.35 bits per heavy atom. The number of fused-ring (bicyclic) bond motifs is 1. The van der Waals surface area contributed by atoms with Gasteiger partial charge in [-0.2, -0.15) is 14.6 Å². The highest BCUT2D eigenvalue weighted by Gasteiger charge is 2.23. The summed E-state index contributed by atoms with van der Waals surface area (Å²) < 4.78 is 0.995. The van der Waals surface area contributed by atoms with Crippen molar-refractivity contribution < 1.29 is 4.92 Å². The fraction of sp³-hybridized carbons (Fsp3) is 0.643. The second-order valence-corrected chi connectivity index (χ2v) is 7.03. The van der Waals surface area contributed by atoms with Gasteiger partial charge in [0.25, 0.3) is 0 Å². The highest BCUT2D eigenvalue weighted by molar-refractivity contribution is 7.16. The van der Waals surface area contributed by atoms with Crippen molar-refractivity contribution in [3.8, 4) is 0 Å². The SMILES string of the molecule is Nc1nc2sc(CCCC3CCCCC3)nn2c(=O)c1[N+](=O)[O-]. The number of nitrogen functional groups attached to an aromatic ring is 1. The Bertz CT molecular complexity index is 779. The lowest BCUT2D eigenvalue weighted by atomic mass is 9.86. The maximum Gasteiger partial charge on any atom is 0.377 e. The van der Waals surface area contributed by atoms with Crippen LogP contribution < -0.4 is 11.3 Å². The van der Waals surface area contributed by atoms with Gasteiger partial charge in [0, 0.05) is 6.42 Å². The van der Waals surface area contributed by atoms with Gasteiger partial charge in [-0.25, -0.2) is 0 Å². The van der Waals surface area contributed by atoms with E-state index < -0.39 is 16.2 Å². The van der Waals surface area contributed by atoms with Crippen molar-refractivity contribution in [2.24, 2.45) is 5.92 Å². The lowest BCUT2D eigenvalue weighted by Crippen LogP contribution is -2.20. The van der Waals surface area contributed by atoms with Crippen LogP contribution in [0.5, 0.6) is 0 Å². The minimum Gasteiger partial charge on any atom is -0.378 e. The predicted octanol–water partition coefficient (Wildman–Crippen LogP) is 2.54. The largest absolute Gasteiger partial charge is 0.378 e. The molecule has 1 fully saturated rings. The molecule has 0 unspecified atom stereocenters. The quantitative estimate of drug-likeness (QED) is 0.662. The van der Waals surface area contributed by atoms with Gasteiger partial charge in [0.1, 0.15) is 5.01 Å².